The maximum absolute atomic E-state index is 6.01. The highest BCUT2D eigenvalue weighted by Gasteiger charge is 2.25. The van der Waals surface area contributed by atoms with Crippen LogP contribution in [-0.2, 0) is 11.2 Å². The Morgan fingerprint density at radius 3 is 2.57 bits per heavy atom. The standard InChI is InChI=1S/C25H28N6O3S/c1-4-18-6-5-7-20(16-18)31-24(30-12-14-33-15-13-30)28-29-25(31)35-17(2)22-26-27-23(34-22)19-8-10-21(32-3)11-9-19/h5-11,16-17H,4,12-15H2,1-3H3. The SMILES string of the molecule is CCc1cccc(-n2c(SC(C)c3nnc(-c4ccc(OC)cc4)o3)nnc2N2CCOCC2)c1. The first-order chi connectivity index (χ1) is 17.2. The zero-order valence-electron chi connectivity index (χ0n) is 20.0. The number of thioether (sulfide) groups is 1. The summed E-state index contributed by atoms with van der Waals surface area (Å²) >= 11 is 1.55. The number of ether oxygens (including phenoxy) is 2. The summed E-state index contributed by atoms with van der Waals surface area (Å²) in [7, 11) is 1.64. The van der Waals surface area contributed by atoms with Crippen LogP contribution in [0.3, 0.4) is 0 Å². The molecule has 0 saturated carbocycles. The quantitative estimate of drug-likeness (QED) is 0.328. The van der Waals surface area contributed by atoms with Crippen LogP contribution < -0.4 is 9.64 Å². The van der Waals surface area contributed by atoms with Gasteiger partial charge in [0.05, 0.1) is 31.3 Å². The summed E-state index contributed by atoms with van der Waals surface area (Å²) in [5, 5.41) is 18.3. The highest BCUT2D eigenvalue weighted by Crippen LogP contribution is 2.37. The summed E-state index contributed by atoms with van der Waals surface area (Å²) in [6.45, 7) is 7.10. The molecule has 2 aromatic carbocycles. The molecule has 10 heteroatoms. The van der Waals surface area contributed by atoms with Crippen LogP contribution in [0.2, 0.25) is 0 Å². The minimum Gasteiger partial charge on any atom is -0.497 e. The highest BCUT2D eigenvalue weighted by atomic mass is 32.2. The van der Waals surface area contributed by atoms with Gasteiger partial charge in [0.25, 0.3) is 0 Å². The molecular weight excluding hydrogens is 464 g/mol. The fourth-order valence-electron chi connectivity index (χ4n) is 3.91. The van der Waals surface area contributed by atoms with Crippen molar-refractivity contribution < 1.29 is 13.9 Å². The van der Waals surface area contributed by atoms with Gasteiger partial charge in [-0.15, -0.1) is 20.4 Å². The number of hydrogen-bond acceptors (Lipinski definition) is 9. The van der Waals surface area contributed by atoms with Crippen molar-refractivity contribution in [3.63, 3.8) is 0 Å². The third-order valence-electron chi connectivity index (χ3n) is 5.89. The highest BCUT2D eigenvalue weighted by molar-refractivity contribution is 7.99. The zero-order chi connectivity index (χ0) is 24.2. The Labute approximate surface area is 208 Å². The van der Waals surface area contributed by atoms with Gasteiger partial charge in [0.1, 0.15) is 5.75 Å². The average Bonchev–Trinajstić information content (AvgIpc) is 3.57. The molecule has 4 aromatic rings. The summed E-state index contributed by atoms with van der Waals surface area (Å²) in [5.41, 5.74) is 3.14. The minimum absolute atomic E-state index is 0.121. The van der Waals surface area contributed by atoms with E-state index in [-0.39, 0.29) is 5.25 Å². The fraction of sp³-hybridized carbons (Fsp3) is 0.360. The second kappa shape index (κ2) is 10.5. The van der Waals surface area contributed by atoms with Crippen LogP contribution in [-0.4, -0.2) is 58.4 Å². The predicted octanol–water partition coefficient (Wildman–Crippen LogP) is 4.58. The van der Waals surface area contributed by atoms with Crippen LogP contribution in [0, 0.1) is 0 Å². The lowest BCUT2D eigenvalue weighted by Crippen LogP contribution is -2.37. The number of morpholine rings is 1. The van der Waals surface area contributed by atoms with Crippen LogP contribution in [0.4, 0.5) is 5.95 Å². The molecule has 3 heterocycles. The second-order valence-corrected chi connectivity index (χ2v) is 9.48. The van der Waals surface area contributed by atoms with Crippen molar-refractivity contribution in [1.82, 2.24) is 25.0 Å². The molecular formula is C25H28N6O3S. The molecule has 0 aliphatic carbocycles. The molecule has 0 radical (unpaired) electrons. The molecule has 1 aliphatic heterocycles. The number of benzene rings is 2. The first kappa shape index (κ1) is 23.4. The molecule has 1 unspecified atom stereocenters. The van der Waals surface area contributed by atoms with Crippen molar-refractivity contribution >= 4 is 17.7 Å². The van der Waals surface area contributed by atoms with Gasteiger partial charge < -0.3 is 18.8 Å². The Bertz CT molecular complexity index is 1270. The van der Waals surface area contributed by atoms with Crippen LogP contribution >= 0.6 is 11.8 Å². The number of nitrogens with zero attached hydrogens (tertiary/aromatic N) is 6. The Kier molecular flexibility index (Phi) is 7.01. The lowest BCUT2D eigenvalue weighted by molar-refractivity contribution is 0.122. The van der Waals surface area contributed by atoms with E-state index in [4.69, 9.17) is 13.9 Å². The molecule has 0 bridgehead atoms. The van der Waals surface area contributed by atoms with E-state index in [0.29, 0.717) is 25.0 Å². The van der Waals surface area contributed by atoms with E-state index < -0.39 is 0 Å². The number of anilines is 1. The van der Waals surface area contributed by atoms with Gasteiger partial charge in [-0.1, -0.05) is 30.8 Å². The monoisotopic (exact) mass is 492 g/mol. The minimum atomic E-state index is -0.121. The zero-order valence-corrected chi connectivity index (χ0v) is 20.9. The van der Waals surface area contributed by atoms with Gasteiger partial charge in [-0.05, 0) is 55.3 Å². The Morgan fingerprint density at radius 2 is 1.83 bits per heavy atom. The Hall–Kier alpha value is -3.37. The topological polar surface area (TPSA) is 91.3 Å². The normalized spacial score (nSPS) is 14.8. The summed E-state index contributed by atoms with van der Waals surface area (Å²) < 4.78 is 18.9. The smallest absolute Gasteiger partial charge is 0.247 e. The molecule has 0 spiro atoms. The van der Waals surface area contributed by atoms with E-state index in [1.54, 1.807) is 18.9 Å². The first-order valence-corrected chi connectivity index (χ1v) is 12.6. The van der Waals surface area contributed by atoms with Gasteiger partial charge in [-0.25, -0.2) is 0 Å². The largest absolute Gasteiger partial charge is 0.497 e. The maximum atomic E-state index is 6.01. The molecule has 0 N–H and O–H groups in total. The summed E-state index contributed by atoms with van der Waals surface area (Å²) in [6.07, 6.45) is 0.956. The fourth-order valence-corrected chi connectivity index (χ4v) is 4.80. The number of hydrogen-bond donors (Lipinski definition) is 0. The first-order valence-electron chi connectivity index (χ1n) is 11.7. The van der Waals surface area contributed by atoms with E-state index >= 15 is 0 Å². The summed E-state index contributed by atoms with van der Waals surface area (Å²) in [6, 6.07) is 16.0. The van der Waals surface area contributed by atoms with Crippen molar-refractivity contribution in [2.75, 3.05) is 38.3 Å². The molecule has 5 rings (SSSR count). The van der Waals surface area contributed by atoms with Gasteiger partial charge >= 0.3 is 0 Å². The van der Waals surface area contributed by atoms with E-state index in [1.807, 2.05) is 31.2 Å². The van der Waals surface area contributed by atoms with Gasteiger partial charge in [0, 0.05) is 18.7 Å². The van der Waals surface area contributed by atoms with Crippen molar-refractivity contribution in [2.24, 2.45) is 0 Å². The third kappa shape index (κ3) is 5.03. The lowest BCUT2D eigenvalue weighted by atomic mass is 10.1. The van der Waals surface area contributed by atoms with Gasteiger partial charge in [-0.3, -0.25) is 4.57 Å². The van der Waals surface area contributed by atoms with E-state index in [9.17, 15) is 0 Å². The molecule has 9 nitrogen and oxygen atoms in total. The number of aryl methyl sites for hydroxylation is 1. The number of methoxy groups -OCH3 is 1. The van der Waals surface area contributed by atoms with Crippen molar-refractivity contribution in [3.05, 3.63) is 60.0 Å². The predicted molar refractivity (Wildman–Crippen MR) is 134 cm³/mol. The third-order valence-corrected chi connectivity index (χ3v) is 6.92. The molecule has 2 aromatic heterocycles. The van der Waals surface area contributed by atoms with E-state index in [1.165, 1.54) is 5.56 Å². The molecule has 0 amide bonds. The van der Waals surface area contributed by atoms with Crippen LogP contribution in [0.5, 0.6) is 5.75 Å². The second-order valence-electron chi connectivity index (χ2n) is 8.17. The van der Waals surface area contributed by atoms with Gasteiger partial charge in [0.15, 0.2) is 5.16 Å². The van der Waals surface area contributed by atoms with Crippen LogP contribution in [0.15, 0.2) is 58.1 Å². The van der Waals surface area contributed by atoms with Crippen LogP contribution in [0.25, 0.3) is 17.1 Å². The molecule has 1 aliphatic rings. The molecule has 1 atom stereocenters. The van der Waals surface area contributed by atoms with Crippen molar-refractivity contribution in [2.45, 2.75) is 30.7 Å². The van der Waals surface area contributed by atoms with Gasteiger partial charge in [-0.2, -0.15) is 0 Å². The lowest BCUT2D eigenvalue weighted by Gasteiger charge is -2.28. The molecule has 1 saturated heterocycles. The number of aromatic nitrogens is 5. The van der Waals surface area contributed by atoms with E-state index in [2.05, 4.69) is 61.1 Å². The molecule has 35 heavy (non-hydrogen) atoms. The average molecular weight is 493 g/mol. The Balaban J connectivity index is 1.43. The van der Waals surface area contributed by atoms with Gasteiger partial charge in [0.2, 0.25) is 17.7 Å². The molecule has 1 fully saturated rings. The summed E-state index contributed by atoms with van der Waals surface area (Å²) in [4.78, 5) is 2.22. The molecule has 182 valence electrons. The Morgan fingerprint density at radius 1 is 1.03 bits per heavy atom. The maximum Gasteiger partial charge on any atom is 0.247 e. The van der Waals surface area contributed by atoms with Crippen molar-refractivity contribution in [3.8, 4) is 22.9 Å². The number of rotatable bonds is 8. The summed E-state index contributed by atoms with van der Waals surface area (Å²) in [5.74, 6) is 2.60. The van der Waals surface area contributed by atoms with E-state index in [0.717, 1.165) is 47.6 Å². The van der Waals surface area contributed by atoms with Crippen LogP contribution in [0.1, 0.15) is 30.6 Å². The van der Waals surface area contributed by atoms with Crippen molar-refractivity contribution in [1.29, 1.82) is 0 Å².